The number of piperidine rings is 1. The minimum absolute atomic E-state index is 0.0501. The van der Waals surface area contributed by atoms with Crippen LogP contribution in [-0.4, -0.2) is 63.0 Å². The van der Waals surface area contributed by atoms with E-state index in [9.17, 15) is 18.7 Å². The largest absolute Gasteiger partial charge is 0.493 e. The quantitative estimate of drug-likeness (QED) is 0.335. The molecule has 0 unspecified atom stereocenters. The van der Waals surface area contributed by atoms with E-state index in [4.69, 9.17) is 9.26 Å². The van der Waals surface area contributed by atoms with Crippen LogP contribution >= 0.6 is 0 Å². The van der Waals surface area contributed by atoms with Gasteiger partial charge in [-0.2, -0.15) is 4.98 Å². The summed E-state index contributed by atoms with van der Waals surface area (Å²) in [6.45, 7) is 5.97. The fraction of sp³-hybridized carbons (Fsp3) is 0.552. The molecule has 41 heavy (non-hydrogen) atoms. The highest BCUT2D eigenvalue weighted by atomic mass is 19.1. The van der Waals surface area contributed by atoms with Gasteiger partial charge in [0.1, 0.15) is 22.9 Å². The van der Waals surface area contributed by atoms with E-state index in [1.165, 1.54) is 0 Å². The van der Waals surface area contributed by atoms with Gasteiger partial charge in [0.15, 0.2) is 0 Å². The van der Waals surface area contributed by atoms with Crippen molar-refractivity contribution in [3.05, 3.63) is 47.6 Å². The zero-order chi connectivity index (χ0) is 28.9. The number of carbonyl (C=O) groups is 1. The number of aliphatic hydroxyl groups excluding tert-OH is 1. The molecule has 3 heterocycles. The monoisotopic (exact) mass is 570 g/mol. The number of halogens is 2. The molecule has 1 aromatic carbocycles. The molecule has 2 atom stereocenters. The fourth-order valence-corrected chi connectivity index (χ4v) is 5.37. The predicted molar refractivity (Wildman–Crippen MR) is 147 cm³/mol. The Morgan fingerprint density at radius 2 is 1.85 bits per heavy atom. The van der Waals surface area contributed by atoms with E-state index in [0.717, 1.165) is 57.3 Å². The van der Waals surface area contributed by atoms with Crippen LogP contribution in [0, 0.1) is 17.6 Å². The smallest absolute Gasteiger partial charge is 0.257 e. The molecule has 2 fully saturated rings. The number of aliphatic hydroxyl groups is 1. The number of rotatable bonds is 10. The Hall–Kier alpha value is -3.67. The van der Waals surface area contributed by atoms with Gasteiger partial charge in [-0.1, -0.05) is 19.0 Å². The van der Waals surface area contributed by atoms with Crippen LogP contribution in [0.15, 0.2) is 29.0 Å². The number of nitrogens with one attached hydrogen (secondary N) is 1. The zero-order valence-electron chi connectivity index (χ0n) is 23.4. The van der Waals surface area contributed by atoms with E-state index in [1.54, 1.807) is 12.4 Å². The van der Waals surface area contributed by atoms with Crippen molar-refractivity contribution in [2.24, 2.45) is 5.92 Å². The van der Waals surface area contributed by atoms with E-state index < -0.39 is 35.3 Å². The van der Waals surface area contributed by atoms with Gasteiger partial charge in [-0.05, 0) is 50.9 Å². The minimum atomic E-state index is -0.981. The average Bonchev–Trinajstić information content (AvgIpc) is 3.61. The summed E-state index contributed by atoms with van der Waals surface area (Å²) in [6, 6.07) is 1.59. The van der Waals surface area contributed by atoms with E-state index in [-0.39, 0.29) is 11.7 Å². The molecule has 1 aliphatic heterocycles. The molecule has 0 radical (unpaired) electrons. The number of anilines is 1. The molecule has 0 bridgehead atoms. The number of aromatic nitrogens is 4. The Bertz CT molecular complexity index is 1300. The Balaban J connectivity index is 1.04. The standard InChI is InChI=1S/C29H36F2N6O4/c1-17(2)28-35-26(36-41-28)19-15-32-29(33-16-19)37-10-8-18(9-11-37)5-4-12-40-20-13-21(30)25(22(31)14-20)27(39)34-23-6-3-7-24(23)38/h13-18,23-24,38H,3-12H2,1-2H3,(H,34,39)/t23-,24-/m1/s1. The van der Waals surface area contributed by atoms with Gasteiger partial charge in [-0.15, -0.1) is 0 Å². The SMILES string of the molecule is CC(C)c1nc(-c2cnc(N3CCC(CCCOc4cc(F)c(C(=O)N[C@@H]5CCC[C@H]5O)c(F)c4)CC3)nc2)no1. The molecule has 2 aliphatic rings. The van der Waals surface area contributed by atoms with Crippen molar-refractivity contribution in [3.63, 3.8) is 0 Å². The lowest BCUT2D eigenvalue weighted by Gasteiger charge is -2.32. The molecule has 1 amide bonds. The van der Waals surface area contributed by atoms with Crippen molar-refractivity contribution in [2.75, 3.05) is 24.6 Å². The van der Waals surface area contributed by atoms with Gasteiger partial charge in [0, 0.05) is 43.5 Å². The van der Waals surface area contributed by atoms with E-state index >= 15 is 0 Å². The Morgan fingerprint density at radius 1 is 1.15 bits per heavy atom. The Morgan fingerprint density at radius 3 is 2.46 bits per heavy atom. The van der Waals surface area contributed by atoms with Crippen molar-refractivity contribution in [1.29, 1.82) is 0 Å². The summed E-state index contributed by atoms with van der Waals surface area (Å²) in [7, 11) is 0. The number of hydrogen-bond donors (Lipinski definition) is 2. The molecule has 2 aromatic heterocycles. The van der Waals surface area contributed by atoms with Crippen molar-refractivity contribution >= 4 is 11.9 Å². The molecule has 1 saturated carbocycles. The number of nitrogens with zero attached hydrogens (tertiary/aromatic N) is 5. The van der Waals surface area contributed by atoms with Gasteiger partial charge in [-0.25, -0.2) is 18.7 Å². The topological polar surface area (TPSA) is 126 Å². The first-order chi connectivity index (χ1) is 19.8. The highest BCUT2D eigenvalue weighted by molar-refractivity contribution is 5.95. The molecular weight excluding hydrogens is 534 g/mol. The molecule has 3 aromatic rings. The summed E-state index contributed by atoms with van der Waals surface area (Å²) < 4.78 is 40.0. The number of amides is 1. The van der Waals surface area contributed by atoms with Crippen molar-refractivity contribution in [1.82, 2.24) is 25.4 Å². The number of benzene rings is 1. The molecule has 5 rings (SSSR count). The number of carbonyl (C=O) groups excluding carboxylic acids is 1. The second-order valence-electron chi connectivity index (χ2n) is 11.1. The van der Waals surface area contributed by atoms with Crippen LogP contribution in [-0.2, 0) is 0 Å². The Kier molecular flexibility index (Phi) is 9.06. The predicted octanol–water partition coefficient (Wildman–Crippen LogP) is 4.65. The van der Waals surface area contributed by atoms with Crippen LogP contribution < -0.4 is 15.0 Å². The van der Waals surface area contributed by atoms with Crippen LogP contribution in [0.25, 0.3) is 11.4 Å². The van der Waals surface area contributed by atoms with Crippen LogP contribution in [0.3, 0.4) is 0 Å². The zero-order valence-corrected chi connectivity index (χ0v) is 23.4. The normalized spacial score (nSPS) is 19.6. The third kappa shape index (κ3) is 6.98. The molecule has 12 heteroatoms. The molecule has 10 nitrogen and oxygen atoms in total. The van der Waals surface area contributed by atoms with Gasteiger partial charge in [-0.3, -0.25) is 4.79 Å². The van der Waals surface area contributed by atoms with Crippen LogP contribution in [0.4, 0.5) is 14.7 Å². The van der Waals surface area contributed by atoms with E-state index in [2.05, 4.69) is 30.3 Å². The Labute approximate surface area is 237 Å². The van der Waals surface area contributed by atoms with Crippen LogP contribution in [0.2, 0.25) is 0 Å². The van der Waals surface area contributed by atoms with E-state index in [1.807, 2.05) is 13.8 Å². The van der Waals surface area contributed by atoms with Crippen molar-refractivity contribution in [3.8, 4) is 17.1 Å². The summed E-state index contributed by atoms with van der Waals surface area (Å²) in [4.78, 5) is 27.9. The third-order valence-corrected chi connectivity index (χ3v) is 7.79. The lowest BCUT2D eigenvalue weighted by molar-refractivity contribution is 0.0864. The van der Waals surface area contributed by atoms with Crippen molar-refractivity contribution in [2.45, 2.75) is 76.9 Å². The van der Waals surface area contributed by atoms with Crippen LogP contribution in [0.1, 0.15) is 81.0 Å². The fourth-order valence-electron chi connectivity index (χ4n) is 5.37. The molecule has 0 spiro atoms. The first-order valence-electron chi connectivity index (χ1n) is 14.3. The van der Waals surface area contributed by atoms with Gasteiger partial charge in [0.05, 0.1) is 24.3 Å². The maximum absolute atomic E-state index is 14.6. The maximum Gasteiger partial charge on any atom is 0.257 e. The number of ether oxygens (including phenoxy) is 1. The summed E-state index contributed by atoms with van der Waals surface area (Å²) in [5.41, 5.74) is 0.0535. The summed E-state index contributed by atoms with van der Waals surface area (Å²) in [5, 5.41) is 16.4. The van der Waals surface area contributed by atoms with Gasteiger partial charge < -0.3 is 24.6 Å². The maximum atomic E-state index is 14.6. The lowest BCUT2D eigenvalue weighted by Crippen LogP contribution is -2.40. The second-order valence-corrected chi connectivity index (χ2v) is 11.1. The first-order valence-corrected chi connectivity index (χ1v) is 14.3. The van der Waals surface area contributed by atoms with Gasteiger partial charge in [0.25, 0.3) is 5.91 Å². The summed E-state index contributed by atoms with van der Waals surface area (Å²) in [6.07, 6.45) is 8.27. The second kappa shape index (κ2) is 12.9. The third-order valence-electron chi connectivity index (χ3n) is 7.79. The summed E-state index contributed by atoms with van der Waals surface area (Å²) in [5.74, 6) is -0.387. The lowest BCUT2D eigenvalue weighted by atomic mass is 9.92. The molecular formula is C29H36F2N6O4. The molecule has 220 valence electrons. The van der Waals surface area contributed by atoms with Crippen LogP contribution in [0.5, 0.6) is 5.75 Å². The average molecular weight is 571 g/mol. The molecule has 2 N–H and O–H groups in total. The minimum Gasteiger partial charge on any atom is -0.493 e. The number of hydrogen-bond acceptors (Lipinski definition) is 9. The van der Waals surface area contributed by atoms with Gasteiger partial charge >= 0.3 is 0 Å². The summed E-state index contributed by atoms with van der Waals surface area (Å²) >= 11 is 0. The molecule has 1 saturated heterocycles. The van der Waals surface area contributed by atoms with E-state index in [0.29, 0.717) is 48.6 Å². The molecule has 1 aliphatic carbocycles. The van der Waals surface area contributed by atoms with Crippen molar-refractivity contribution < 1.29 is 27.9 Å². The highest BCUT2D eigenvalue weighted by Crippen LogP contribution is 2.27. The highest BCUT2D eigenvalue weighted by Gasteiger charge is 2.29. The first kappa shape index (κ1) is 28.8. The van der Waals surface area contributed by atoms with Gasteiger partial charge in [0.2, 0.25) is 17.7 Å².